The van der Waals surface area contributed by atoms with Gasteiger partial charge in [-0.3, -0.25) is 5.32 Å². The number of nitrogens with two attached hydrogens (primary N) is 1. The summed E-state index contributed by atoms with van der Waals surface area (Å²) in [6.07, 6.45) is 14.4. The van der Waals surface area contributed by atoms with Gasteiger partial charge in [-0.25, -0.2) is 0 Å². The van der Waals surface area contributed by atoms with Crippen LogP contribution in [0.2, 0.25) is 0 Å². The molecule has 1 aliphatic heterocycles. The summed E-state index contributed by atoms with van der Waals surface area (Å²) in [5, 5.41) is 3.15. The fourth-order valence-electron chi connectivity index (χ4n) is 1.24. The smallest absolute Gasteiger partial charge is 0.0753 e. The Kier molecular flexibility index (Phi) is 1.94. The predicted molar refractivity (Wildman–Crippen MR) is 50.4 cm³/mol. The first-order valence-electron chi connectivity index (χ1n) is 4.11. The van der Waals surface area contributed by atoms with Crippen LogP contribution in [0.15, 0.2) is 48.1 Å². The van der Waals surface area contributed by atoms with Gasteiger partial charge in [0.2, 0.25) is 0 Å². The highest BCUT2D eigenvalue weighted by Gasteiger charge is 2.34. The number of hydrogen-bond donors (Lipinski definition) is 2. The first kappa shape index (κ1) is 7.53. The summed E-state index contributed by atoms with van der Waals surface area (Å²) in [5.41, 5.74) is 6.91. The van der Waals surface area contributed by atoms with Gasteiger partial charge in [0.15, 0.2) is 0 Å². The van der Waals surface area contributed by atoms with Crippen LogP contribution in [0.1, 0.15) is 0 Å². The zero-order chi connectivity index (χ0) is 8.39. The lowest BCUT2D eigenvalue weighted by atomic mass is 10.1. The molecular formula is C10H12N2. The van der Waals surface area contributed by atoms with Crippen molar-refractivity contribution >= 4 is 0 Å². The molecule has 2 aliphatic rings. The van der Waals surface area contributed by atoms with Crippen molar-refractivity contribution in [1.82, 2.24) is 5.32 Å². The summed E-state index contributed by atoms with van der Waals surface area (Å²) in [6.45, 7) is 0. The summed E-state index contributed by atoms with van der Waals surface area (Å²) in [7, 11) is 0. The summed E-state index contributed by atoms with van der Waals surface area (Å²) in [6, 6.07) is 0.359. The minimum Gasteiger partial charge on any atom is -0.314 e. The third kappa shape index (κ3) is 1.55. The fourth-order valence-corrected chi connectivity index (χ4v) is 1.24. The van der Waals surface area contributed by atoms with E-state index in [1.165, 1.54) is 5.57 Å². The number of rotatable bonds is 1. The highest BCUT2D eigenvalue weighted by molar-refractivity contribution is 5.38. The van der Waals surface area contributed by atoms with Crippen LogP contribution in [0.4, 0.5) is 0 Å². The molecule has 2 nitrogen and oxygen atoms in total. The average Bonchev–Trinajstić information content (AvgIpc) is 2.65. The van der Waals surface area contributed by atoms with Crippen LogP contribution in [0.25, 0.3) is 0 Å². The van der Waals surface area contributed by atoms with Gasteiger partial charge in [-0.05, 0) is 5.57 Å². The molecule has 0 saturated carbocycles. The molecule has 12 heavy (non-hydrogen) atoms. The first-order chi connectivity index (χ1) is 5.88. The second-order valence-corrected chi connectivity index (χ2v) is 2.97. The molecule has 2 atom stereocenters. The van der Waals surface area contributed by atoms with Crippen LogP contribution in [0.3, 0.4) is 0 Å². The predicted octanol–water partition coefficient (Wildman–Crippen LogP) is 0.852. The van der Waals surface area contributed by atoms with Gasteiger partial charge < -0.3 is 5.73 Å². The minimum absolute atomic E-state index is 0.151. The Morgan fingerprint density at radius 3 is 2.50 bits per heavy atom. The second kappa shape index (κ2) is 3.09. The first-order valence-corrected chi connectivity index (χ1v) is 4.11. The lowest BCUT2D eigenvalue weighted by Crippen LogP contribution is -2.07. The molecule has 2 unspecified atom stereocenters. The van der Waals surface area contributed by atoms with E-state index in [2.05, 4.69) is 17.5 Å². The van der Waals surface area contributed by atoms with Crippen molar-refractivity contribution < 1.29 is 0 Å². The molecule has 2 rings (SSSR count). The summed E-state index contributed by atoms with van der Waals surface area (Å²) < 4.78 is 0. The molecule has 2 heteroatoms. The van der Waals surface area contributed by atoms with Gasteiger partial charge in [0.25, 0.3) is 0 Å². The molecule has 1 saturated heterocycles. The molecule has 0 spiro atoms. The monoisotopic (exact) mass is 160 g/mol. The largest absolute Gasteiger partial charge is 0.314 e. The number of nitrogens with one attached hydrogen (secondary N) is 1. The van der Waals surface area contributed by atoms with E-state index in [0.717, 1.165) is 0 Å². The molecule has 1 heterocycles. The van der Waals surface area contributed by atoms with Gasteiger partial charge in [0.05, 0.1) is 12.2 Å². The van der Waals surface area contributed by atoms with E-state index in [1.807, 2.05) is 30.4 Å². The van der Waals surface area contributed by atoms with Crippen LogP contribution in [-0.2, 0) is 0 Å². The van der Waals surface area contributed by atoms with Crippen LogP contribution in [0, 0.1) is 0 Å². The van der Waals surface area contributed by atoms with Crippen LogP contribution in [0.5, 0.6) is 0 Å². The van der Waals surface area contributed by atoms with Crippen molar-refractivity contribution in [3.8, 4) is 0 Å². The van der Waals surface area contributed by atoms with Crippen molar-refractivity contribution in [2.45, 2.75) is 12.2 Å². The molecule has 3 N–H and O–H groups in total. The topological polar surface area (TPSA) is 48.0 Å². The van der Waals surface area contributed by atoms with Crippen molar-refractivity contribution in [2.24, 2.45) is 5.73 Å². The highest BCUT2D eigenvalue weighted by Crippen LogP contribution is 2.17. The Morgan fingerprint density at radius 2 is 1.75 bits per heavy atom. The molecule has 62 valence electrons. The Bertz CT molecular complexity index is 284. The standard InChI is InChI=1S/C10H12N2/c11-10-9(12-10)8-6-4-2-1-3-5-7-8/h1-7,9-10,12H,11H2/b2-1-,3-1?,4-2?,5-3-,6-4-,7-5?,8-6?,8-7+. The van der Waals surface area contributed by atoms with Gasteiger partial charge in [0.1, 0.15) is 0 Å². The summed E-state index contributed by atoms with van der Waals surface area (Å²) in [4.78, 5) is 0. The third-order valence-corrected chi connectivity index (χ3v) is 2.00. The Balaban J connectivity index is 2.13. The molecular weight excluding hydrogens is 148 g/mol. The van der Waals surface area contributed by atoms with Crippen molar-refractivity contribution in [1.29, 1.82) is 0 Å². The van der Waals surface area contributed by atoms with E-state index >= 15 is 0 Å². The molecule has 1 fully saturated rings. The lowest BCUT2D eigenvalue weighted by Gasteiger charge is -1.96. The van der Waals surface area contributed by atoms with Gasteiger partial charge in [-0.2, -0.15) is 0 Å². The summed E-state index contributed by atoms with van der Waals surface area (Å²) in [5.74, 6) is 0. The van der Waals surface area contributed by atoms with E-state index in [0.29, 0.717) is 6.04 Å². The van der Waals surface area contributed by atoms with Crippen molar-refractivity contribution in [3.05, 3.63) is 48.1 Å². The van der Waals surface area contributed by atoms with Crippen LogP contribution < -0.4 is 11.1 Å². The van der Waals surface area contributed by atoms with Crippen molar-refractivity contribution in [2.75, 3.05) is 0 Å². The molecule has 0 radical (unpaired) electrons. The minimum atomic E-state index is 0.151. The van der Waals surface area contributed by atoms with Gasteiger partial charge in [0, 0.05) is 0 Å². The zero-order valence-electron chi connectivity index (χ0n) is 6.77. The maximum absolute atomic E-state index is 5.66. The molecule has 0 bridgehead atoms. The highest BCUT2D eigenvalue weighted by atomic mass is 15.2. The second-order valence-electron chi connectivity index (χ2n) is 2.97. The molecule has 1 aliphatic carbocycles. The maximum atomic E-state index is 5.66. The lowest BCUT2D eigenvalue weighted by molar-refractivity contribution is 1.01. The average molecular weight is 160 g/mol. The van der Waals surface area contributed by atoms with Crippen molar-refractivity contribution in [3.63, 3.8) is 0 Å². The van der Waals surface area contributed by atoms with Gasteiger partial charge >= 0.3 is 0 Å². The normalized spacial score (nSPS) is 44.9. The van der Waals surface area contributed by atoms with Gasteiger partial charge in [-0.1, -0.05) is 42.5 Å². The zero-order valence-corrected chi connectivity index (χ0v) is 6.77. The van der Waals surface area contributed by atoms with Crippen LogP contribution in [-0.4, -0.2) is 12.2 Å². The third-order valence-electron chi connectivity index (χ3n) is 2.00. The molecule has 0 aromatic carbocycles. The van der Waals surface area contributed by atoms with Crippen LogP contribution >= 0.6 is 0 Å². The van der Waals surface area contributed by atoms with E-state index in [4.69, 9.17) is 5.73 Å². The number of allylic oxidation sites excluding steroid dienone is 6. The van der Waals surface area contributed by atoms with Gasteiger partial charge in [-0.15, -0.1) is 0 Å². The fraction of sp³-hybridized carbons (Fsp3) is 0.200. The quantitative estimate of drug-likeness (QED) is 0.559. The molecule has 0 amide bonds. The maximum Gasteiger partial charge on any atom is 0.0753 e. The van der Waals surface area contributed by atoms with E-state index in [1.54, 1.807) is 0 Å². The Labute approximate surface area is 72.1 Å². The van der Waals surface area contributed by atoms with E-state index in [9.17, 15) is 0 Å². The molecule has 0 aromatic rings. The summed E-state index contributed by atoms with van der Waals surface area (Å²) >= 11 is 0. The Hall–Kier alpha value is -1.12. The Morgan fingerprint density at radius 1 is 1.08 bits per heavy atom. The number of hydrogen-bond acceptors (Lipinski definition) is 2. The SMILES string of the molecule is NC1NC1C1=C/C=C\C=C/C=C\1. The van der Waals surface area contributed by atoms with E-state index in [-0.39, 0.29) is 6.17 Å². The molecule has 0 aromatic heterocycles. The van der Waals surface area contributed by atoms with E-state index < -0.39 is 0 Å².